The molecule has 1 aromatic carbocycles. The summed E-state index contributed by atoms with van der Waals surface area (Å²) in [7, 11) is 3.94. The fourth-order valence-electron chi connectivity index (χ4n) is 3.25. The molecule has 0 spiro atoms. The maximum absolute atomic E-state index is 12.9. The van der Waals surface area contributed by atoms with Crippen LogP contribution in [-0.2, 0) is 10.3 Å². The van der Waals surface area contributed by atoms with Crippen LogP contribution in [0, 0.1) is 5.92 Å². The molecule has 0 unspecified atom stereocenters. The number of likely N-dealkylation sites (N-methyl/N-ethyl adjacent to an activating group) is 1. The van der Waals surface area contributed by atoms with Crippen LogP contribution < -0.4 is 5.32 Å². The van der Waals surface area contributed by atoms with Crippen molar-refractivity contribution in [1.82, 2.24) is 10.2 Å². The fourth-order valence-corrected chi connectivity index (χ4v) is 3.25. The SMILES string of the molecule is C[C@@H]1CCC[C@H](NC(=O)[C@@](C)(c2ccccc2)N(C)C)C1. The van der Waals surface area contributed by atoms with Crippen molar-refractivity contribution in [3.63, 3.8) is 0 Å². The molecule has 0 saturated heterocycles. The molecule has 1 amide bonds. The minimum absolute atomic E-state index is 0.109. The molecule has 1 saturated carbocycles. The summed E-state index contributed by atoms with van der Waals surface area (Å²) in [5, 5.41) is 3.29. The zero-order chi connectivity index (χ0) is 15.5. The van der Waals surface area contributed by atoms with Crippen molar-refractivity contribution >= 4 is 5.91 Å². The van der Waals surface area contributed by atoms with Crippen molar-refractivity contribution < 1.29 is 4.79 Å². The lowest BCUT2D eigenvalue weighted by Crippen LogP contribution is -2.54. The van der Waals surface area contributed by atoms with Gasteiger partial charge in [0, 0.05) is 6.04 Å². The largest absolute Gasteiger partial charge is 0.351 e. The summed E-state index contributed by atoms with van der Waals surface area (Å²) in [5.74, 6) is 0.823. The highest BCUT2D eigenvalue weighted by molar-refractivity contribution is 5.87. The van der Waals surface area contributed by atoms with E-state index in [1.54, 1.807) is 0 Å². The number of nitrogens with one attached hydrogen (secondary N) is 1. The summed E-state index contributed by atoms with van der Waals surface area (Å²) in [6.45, 7) is 4.28. The smallest absolute Gasteiger partial charge is 0.245 e. The molecule has 0 heterocycles. The third-order valence-electron chi connectivity index (χ3n) is 4.94. The second-order valence-electron chi connectivity index (χ2n) is 6.77. The molecular formula is C18H28N2O. The minimum Gasteiger partial charge on any atom is -0.351 e. The molecule has 3 heteroatoms. The first-order valence-electron chi connectivity index (χ1n) is 7.98. The molecule has 0 aliphatic heterocycles. The van der Waals surface area contributed by atoms with Crippen LogP contribution in [-0.4, -0.2) is 30.9 Å². The summed E-state index contributed by atoms with van der Waals surface area (Å²) in [6, 6.07) is 10.4. The van der Waals surface area contributed by atoms with Crippen molar-refractivity contribution in [3.8, 4) is 0 Å². The van der Waals surface area contributed by atoms with Gasteiger partial charge in [-0.25, -0.2) is 0 Å². The zero-order valence-corrected chi connectivity index (χ0v) is 13.7. The number of benzene rings is 1. The molecule has 1 aliphatic rings. The maximum atomic E-state index is 12.9. The van der Waals surface area contributed by atoms with E-state index < -0.39 is 5.54 Å². The molecule has 3 nitrogen and oxygen atoms in total. The van der Waals surface area contributed by atoms with E-state index in [0.717, 1.165) is 18.4 Å². The Morgan fingerprint density at radius 3 is 2.48 bits per heavy atom. The molecule has 116 valence electrons. The molecule has 0 radical (unpaired) electrons. The summed E-state index contributed by atoms with van der Waals surface area (Å²) in [4.78, 5) is 14.9. The van der Waals surface area contributed by atoms with E-state index >= 15 is 0 Å². The third kappa shape index (κ3) is 3.46. The topological polar surface area (TPSA) is 32.3 Å². The summed E-state index contributed by atoms with van der Waals surface area (Å²) >= 11 is 0. The number of amides is 1. The highest BCUT2D eigenvalue weighted by Crippen LogP contribution is 2.28. The number of hydrogen-bond donors (Lipinski definition) is 1. The standard InChI is InChI=1S/C18H28N2O/c1-14-9-8-12-16(13-14)19-17(21)18(2,20(3)4)15-10-6-5-7-11-15/h5-7,10-11,14,16H,8-9,12-13H2,1-4H3,(H,19,21)/t14-,16+,18-/m1/s1. The molecule has 1 aliphatic carbocycles. The number of nitrogens with zero attached hydrogens (tertiary/aromatic N) is 1. The Morgan fingerprint density at radius 2 is 1.90 bits per heavy atom. The van der Waals surface area contributed by atoms with Crippen LogP contribution in [0.4, 0.5) is 0 Å². The average Bonchev–Trinajstić information content (AvgIpc) is 2.47. The van der Waals surface area contributed by atoms with Gasteiger partial charge in [0.05, 0.1) is 0 Å². The van der Waals surface area contributed by atoms with Gasteiger partial charge in [-0.2, -0.15) is 0 Å². The third-order valence-corrected chi connectivity index (χ3v) is 4.94. The molecule has 0 bridgehead atoms. The first kappa shape index (κ1) is 16.0. The van der Waals surface area contributed by atoms with Crippen LogP contribution in [0.25, 0.3) is 0 Å². The lowest BCUT2D eigenvalue weighted by Gasteiger charge is -2.38. The van der Waals surface area contributed by atoms with Crippen LogP contribution in [0.1, 0.15) is 45.1 Å². The molecule has 1 aromatic rings. The second-order valence-corrected chi connectivity index (χ2v) is 6.77. The molecule has 1 fully saturated rings. The lowest BCUT2D eigenvalue weighted by molar-refractivity contribution is -0.132. The van der Waals surface area contributed by atoms with Gasteiger partial charge in [0.1, 0.15) is 5.54 Å². The maximum Gasteiger partial charge on any atom is 0.245 e. The van der Waals surface area contributed by atoms with Crippen LogP contribution in [0.15, 0.2) is 30.3 Å². The minimum atomic E-state index is -0.623. The molecule has 2 rings (SSSR count). The van der Waals surface area contributed by atoms with E-state index in [4.69, 9.17) is 0 Å². The van der Waals surface area contributed by atoms with E-state index in [2.05, 4.69) is 12.2 Å². The van der Waals surface area contributed by atoms with Gasteiger partial charge >= 0.3 is 0 Å². The van der Waals surface area contributed by atoms with Crippen molar-refractivity contribution in [1.29, 1.82) is 0 Å². The van der Waals surface area contributed by atoms with E-state index in [9.17, 15) is 4.79 Å². The second kappa shape index (κ2) is 6.61. The Labute approximate surface area is 128 Å². The molecule has 21 heavy (non-hydrogen) atoms. The van der Waals surface area contributed by atoms with Gasteiger partial charge in [0.2, 0.25) is 5.91 Å². The molecule has 1 N–H and O–H groups in total. The van der Waals surface area contributed by atoms with Gasteiger partial charge in [-0.3, -0.25) is 9.69 Å². The number of carbonyl (C=O) groups is 1. The predicted octanol–water partition coefficient (Wildman–Crippen LogP) is 3.16. The van der Waals surface area contributed by atoms with Gasteiger partial charge in [0.15, 0.2) is 0 Å². The summed E-state index contributed by atoms with van der Waals surface area (Å²) < 4.78 is 0. The average molecular weight is 288 g/mol. The van der Waals surface area contributed by atoms with E-state index in [0.29, 0.717) is 12.0 Å². The van der Waals surface area contributed by atoms with E-state index in [-0.39, 0.29) is 5.91 Å². The Morgan fingerprint density at radius 1 is 1.24 bits per heavy atom. The van der Waals surface area contributed by atoms with E-state index in [1.807, 2.05) is 56.3 Å². The van der Waals surface area contributed by atoms with Crippen LogP contribution in [0.5, 0.6) is 0 Å². The predicted molar refractivity (Wildman–Crippen MR) is 87.0 cm³/mol. The van der Waals surface area contributed by atoms with Crippen molar-refractivity contribution in [3.05, 3.63) is 35.9 Å². The van der Waals surface area contributed by atoms with Crippen LogP contribution in [0.3, 0.4) is 0 Å². The first-order chi connectivity index (χ1) is 9.94. The molecule has 3 atom stereocenters. The van der Waals surface area contributed by atoms with Crippen molar-refractivity contribution in [2.24, 2.45) is 5.92 Å². The van der Waals surface area contributed by atoms with Crippen molar-refractivity contribution in [2.75, 3.05) is 14.1 Å². The molecular weight excluding hydrogens is 260 g/mol. The normalized spacial score (nSPS) is 25.4. The monoisotopic (exact) mass is 288 g/mol. The summed E-state index contributed by atoms with van der Waals surface area (Å²) in [5.41, 5.74) is 0.415. The Bertz CT molecular complexity index is 471. The highest BCUT2D eigenvalue weighted by Gasteiger charge is 2.38. The number of carbonyl (C=O) groups excluding carboxylic acids is 1. The van der Waals surface area contributed by atoms with Crippen LogP contribution >= 0.6 is 0 Å². The Hall–Kier alpha value is -1.35. The number of rotatable bonds is 4. The van der Waals surface area contributed by atoms with Gasteiger partial charge in [0.25, 0.3) is 0 Å². The Kier molecular flexibility index (Phi) is 5.04. The summed E-state index contributed by atoms with van der Waals surface area (Å²) in [6.07, 6.45) is 4.71. The zero-order valence-electron chi connectivity index (χ0n) is 13.7. The Balaban J connectivity index is 2.16. The highest BCUT2D eigenvalue weighted by atomic mass is 16.2. The lowest BCUT2D eigenvalue weighted by atomic mass is 9.85. The first-order valence-corrected chi connectivity index (χ1v) is 7.98. The van der Waals surface area contributed by atoms with Gasteiger partial charge in [-0.15, -0.1) is 0 Å². The van der Waals surface area contributed by atoms with E-state index in [1.165, 1.54) is 12.8 Å². The van der Waals surface area contributed by atoms with Gasteiger partial charge in [-0.1, -0.05) is 50.1 Å². The van der Waals surface area contributed by atoms with Crippen LogP contribution in [0.2, 0.25) is 0 Å². The van der Waals surface area contributed by atoms with Crippen molar-refractivity contribution in [2.45, 2.75) is 51.1 Å². The number of hydrogen-bond acceptors (Lipinski definition) is 2. The fraction of sp³-hybridized carbons (Fsp3) is 0.611. The quantitative estimate of drug-likeness (QED) is 0.923. The molecule has 0 aromatic heterocycles. The van der Waals surface area contributed by atoms with Gasteiger partial charge < -0.3 is 5.32 Å². The van der Waals surface area contributed by atoms with Gasteiger partial charge in [-0.05, 0) is 45.3 Å².